The molecule has 1 atom stereocenters. The van der Waals surface area contributed by atoms with Gasteiger partial charge in [-0.1, -0.05) is 30.3 Å². The topological polar surface area (TPSA) is 29.1 Å². The van der Waals surface area contributed by atoms with E-state index in [2.05, 4.69) is 5.32 Å². The van der Waals surface area contributed by atoms with Crippen LogP contribution in [0.4, 0.5) is 8.78 Å². The largest absolute Gasteiger partial charge is 0.345 e. The summed E-state index contributed by atoms with van der Waals surface area (Å²) in [6.45, 7) is 0. The molecule has 1 aliphatic carbocycles. The molecule has 21 heavy (non-hydrogen) atoms. The number of hydrogen-bond acceptors (Lipinski definition) is 1. The molecule has 1 N–H and O–H groups in total. The lowest BCUT2D eigenvalue weighted by atomic mass is 10.0. The summed E-state index contributed by atoms with van der Waals surface area (Å²) in [6.07, 6.45) is 2.07. The molecule has 0 aliphatic heterocycles. The van der Waals surface area contributed by atoms with Gasteiger partial charge in [-0.3, -0.25) is 4.79 Å². The maximum Gasteiger partial charge on any atom is 0.254 e. The minimum Gasteiger partial charge on any atom is -0.345 e. The lowest BCUT2D eigenvalue weighted by Gasteiger charge is -2.19. The minimum absolute atomic E-state index is 0.152. The lowest BCUT2D eigenvalue weighted by molar-refractivity contribution is 0.0927. The summed E-state index contributed by atoms with van der Waals surface area (Å²) in [6, 6.07) is 12.3. The molecule has 0 bridgehead atoms. The molecule has 0 spiro atoms. The lowest BCUT2D eigenvalue weighted by Crippen LogP contribution is -2.30. The van der Waals surface area contributed by atoms with Crippen molar-refractivity contribution in [3.05, 3.63) is 71.3 Å². The van der Waals surface area contributed by atoms with Crippen LogP contribution in [0.2, 0.25) is 0 Å². The highest BCUT2D eigenvalue weighted by Gasteiger charge is 2.33. The monoisotopic (exact) mass is 287 g/mol. The molecule has 0 heterocycles. The van der Waals surface area contributed by atoms with Crippen molar-refractivity contribution < 1.29 is 13.6 Å². The first-order valence-electron chi connectivity index (χ1n) is 6.96. The molecule has 0 radical (unpaired) electrons. The fourth-order valence-corrected chi connectivity index (χ4v) is 2.45. The summed E-state index contributed by atoms with van der Waals surface area (Å²) in [7, 11) is 0. The highest BCUT2D eigenvalue weighted by Crippen LogP contribution is 2.41. The van der Waals surface area contributed by atoms with Gasteiger partial charge in [0.25, 0.3) is 5.91 Å². The van der Waals surface area contributed by atoms with Gasteiger partial charge in [-0.2, -0.15) is 0 Å². The number of hydrogen-bond donors (Lipinski definition) is 1. The van der Waals surface area contributed by atoms with Crippen molar-refractivity contribution >= 4 is 5.91 Å². The van der Waals surface area contributed by atoms with Crippen LogP contribution in [0, 0.1) is 17.6 Å². The van der Waals surface area contributed by atoms with E-state index < -0.39 is 17.5 Å². The van der Waals surface area contributed by atoms with Crippen LogP contribution in [0.1, 0.15) is 34.8 Å². The van der Waals surface area contributed by atoms with Crippen molar-refractivity contribution in [2.24, 2.45) is 5.92 Å². The number of benzene rings is 2. The van der Waals surface area contributed by atoms with E-state index in [4.69, 9.17) is 0 Å². The zero-order valence-corrected chi connectivity index (χ0v) is 11.4. The number of rotatable bonds is 4. The number of carbonyl (C=O) groups excluding carboxylic acids is 1. The Morgan fingerprint density at radius 3 is 2.48 bits per heavy atom. The van der Waals surface area contributed by atoms with Crippen molar-refractivity contribution in [3.8, 4) is 0 Å². The molecule has 0 aromatic heterocycles. The fraction of sp³-hybridized carbons (Fsp3) is 0.235. The van der Waals surface area contributed by atoms with E-state index in [-0.39, 0.29) is 11.6 Å². The first-order valence-corrected chi connectivity index (χ1v) is 6.96. The Balaban J connectivity index is 1.83. The van der Waals surface area contributed by atoms with Crippen molar-refractivity contribution in [1.82, 2.24) is 5.32 Å². The third-order valence-electron chi connectivity index (χ3n) is 3.71. The first-order chi connectivity index (χ1) is 10.1. The first kappa shape index (κ1) is 13.7. The molecule has 1 fully saturated rings. The number of carbonyl (C=O) groups is 1. The average Bonchev–Trinajstić information content (AvgIpc) is 3.32. The Labute approximate surface area is 121 Å². The average molecular weight is 287 g/mol. The summed E-state index contributed by atoms with van der Waals surface area (Å²) < 4.78 is 26.9. The summed E-state index contributed by atoms with van der Waals surface area (Å²) in [5.74, 6) is -1.54. The number of halogens is 2. The quantitative estimate of drug-likeness (QED) is 0.909. The van der Waals surface area contributed by atoms with Gasteiger partial charge in [0.1, 0.15) is 11.6 Å². The molecule has 2 aromatic rings. The van der Waals surface area contributed by atoms with E-state index in [0.29, 0.717) is 5.92 Å². The standard InChI is InChI=1S/C17H15F2NO/c18-13-8-9-15(19)14(10-13)17(21)20-16(12-6-7-12)11-4-2-1-3-5-11/h1-5,8-10,12,16H,6-7H2,(H,20,21). The highest BCUT2D eigenvalue weighted by molar-refractivity contribution is 5.94. The minimum atomic E-state index is -0.712. The Hall–Kier alpha value is -2.23. The van der Waals surface area contributed by atoms with Crippen molar-refractivity contribution in [3.63, 3.8) is 0 Å². The third-order valence-corrected chi connectivity index (χ3v) is 3.71. The van der Waals surface area contributed by atoms with Crippen LogP contribution in [0.15, 0.2) is 48.5 Å². The highest BCUT2D eigenvalue weighted by atomic mass is 19.1. The number of nitrogens with one attached hydrogen (secondary N) is 1. The number of amides is 1. The molecule has 0 saturated heterocycles. The molecule has 1 unspecified atom stereocenters. The maximum atomic E-state index is 13.7. The van der Waals surface area contributed by atoms with Crippen LogP contribution in [0.5, 0.6) is 0 Å². The van der Waals surface area contributed by atoms with Gasteiger partial charge in [0, 0.05) is 0 Å². The maximum absolute atomic E-state index is 13.7. The Bertz CT molecular complexity index is 653. The van der Waals surface area contributed by atoms with Crippen LogP contribution in [-0.4, -0.2) is 5.91 Å². The summed E-state index contributed by atoms with van der Waals surface area (Å²) in [4.78, 5) is 12.2. The van der Waals surface area contributed by atoms with Gasteiger partial charge in [-0.15, -0.1) is 0 Å². The smallest absolute Gasteiger partial charge is 0.254 e. The van der Waals surface area contributed by atoms with Gasteiger partial charge in [-0.25, -0.2) is 8.78 Å². The van der Waals surface area contributed by atoms with E-state index in [1.54, 1.807) is 0 Å². The van der Waals surface area contributed by atoms with Crippen LogP contribution in [-0.2, 0) is 0 Å². The SMILES string of the molecule is O=C(NC(c1ccccc1)C1CC1)c1cc(F)ccc1F. The normalized spacial score (nSPS) is 15.5. The summed E-state index contributed by atoms with van der Waals surface area (Å²) in [5.41, 5.74) is 0.738. The van der Waals surface area contributed by atoms with Gasteiger partial charge in [0.05, 0.1) is 11.6 Å². The zero-order chi connectivity index (χ0) is 14.8. The molecular formula is C17H15F2NO. The van der Waals surface area contributed by atoms with Crippen molar-refractivity contribution in [1.29, 1.82) is 0 Å². The van der Waals surface area contributed by atoms with Gasteiger partial charge in [0.15, 0.2) is 0 Å². The van der Waals surface area contributed by atoms with Crippen LogP contribution in [0.3, 0.4) is 0 Å². The van der Waals surface area contributed by atoms with E-state index >= 15 is 0 Å². The predicted octanol–water partition coefficient (Wildman–Crippen LogP) is 3.85. The van der Waals surface area contributed by atoms with Gasteiger partial charge < -0.3 is 5.32 Å². The zero-order valence-electron chi connectivity index (χ0n) is 11.4. The second-order valence-corrected chi connectivity index (χ2v) is 5.32. The van der Waals surface area contributed by atoms with Gasteiger partial charge in [0.2, 0.25) is 0 Å². The molecule has 2 aromatic carbocycles. The molecular weight excluding hydrogens is 272 g/mol. The predicted molar refractivity (Wildman–Crippen MR) is 75.7 cm³/mol. The Kier molecular flexibility index (Phi) is 3.69. The van der Waals surface area contributed by atoms with Crippen LogP contribution >= 0.6 is 0 Å². The third kappa shape index (κ3) is 3.10. The molecule has 4 heteroatoms. The molecule has 1 aliphatic rings. The van der Waals surface area contributed by atoms with Crippen molar-refractivity contribution in [2.75, 3.05) is 0 Å². The van der Waals surface area contributed by atoms with E-state index in [9.17, 15) is 13.6 Å². The second-order valence-electron chi connectivity index (χ2n) is 5.32. The van der Waals surface area contributed by atoms with Crippen molar-refractivity contribution in [2.45, 2.75) is 18.9 Å². The molecule has 1 saturated carbocycles. The van der Waals surface area contributed by atoms with Crippen LogP contribution in [0.25, 0.3) is 0 Å². The molecule has 2 nitrogen and oxygen atoms in total. The summed E-state index contributed by atoms with van der Waals surface area (Å²) in [5, 5.41) is 2.83. The van der Waals surface area contributed by atoms with E-state index in [1.807, 2.05) is 30.3 Å². The molecule has 3 rings (SSSR count). The summed E-state index contributed by atoms with van der Waals surface area (Å²) >= 11 is 0. The Morgan fingerprint density at radius 2 is 1.81 bits per heavy atom. The molecule has 108 valence electrons. The molecule has 1 amide bonds. The van der Waals surface area contributed by atoms with E-state index in [1.165, 1.54) is 0 Å². The van der Waals surface area contributed by atoms with Gasteiger partial charge >= 0.3 is 0 Å². The van der Waals surface area contributed by atoms with Crippen LogP contribution < -0.4 is 5.32 Å². The fourth-order valence-electron chi connectivity index (χ4n) is 2.45. The Morgan fingerprint density at radius 1 is 1.10 bits per heavy atom. The van der Waals surface area contributed by atoms with Gasteiger partial charge in [-0.05, 0) is 42.5 Å². The van der Waals surface area contributed by atoms with E-state index in [0.717, 1.165) is 36.6 Å². The second kappa shape index (κ2) is 5.64.